The predicted octanol–water partition coefficient (Wildman–Crippen LogP) is 2.74. The first-order valence-corrected chi connectivity index (χ1v) is 6.76. The number of nitrogens with zero attached hydrogens (tertiary/aromatic N) is 3. The summed E-state index contributed by atoms with van der Waals surface area (Å²) in [5.41, 5.74) is 0. The van der Waals surface area contributed by atoms with Crippen LogP contribution in [0.5, 0.6) is 0 Å². The van der Waals surface area contributed by atoms with E-state index in [0.29, 0.717) is 5.82 Å². The topological polar surface area (TPSA) is 73.0 Å². The van der Waals surface area contributed by atoms with Gasteiger partial charge in [0.05, 0.1) is 0 Å². The Hall–Kier alpha value is -1.89. The third-order valence-electron chi connectivity index (χ3n) is 2.78. The van der Waals surface area contributed by atoms with Crippen molar-refractivity contribution in [2.75, 3.05) is 5.32 Å². The predicted molar refractivity (Wildman–Crippen MR) is 75.7 cm³/mol. The van der Waals surface area contributed by atoms with Gasteiger partial charge in [-0.1, -0.05) is 0 Å². The summed E-state index contributed by atoms with van der Waals surface area (Å²) in [7, 11) is 1.74. The summed E-state index contributed by atoms with van der Waals surface area (Å²) >= 11 is 1.75. The molecule has 102 valence electrons. The van der Waals surface area contributed by atoms with Gasteiger partial charge in [0.25, 0.3) is 0 Å². The number of imidazole rings is 1. The highest BCUT2D eigenvalue weighted by Crippen LogP contribution is 2.23. The van der Waals surface area contributed by atoms with Gasteiger partial charge in [-0.15, -0.1) is 11.3 Å². The average Bonchev–Trinajstić information content (AvgIpc) is 2.87. The van der Waals surface area contributed by atoms with Crippen LogP contribution >= 0.6 is 11.3 Å². The molecule has 6 nitrogen and oxygen atoms in total. The van der Waals surface area contributed by atoms with Crippen LogP contribution in [0.2, 0.25) is 0 Å². The second-order valence-electron chi connectivity index (χ2n) is 4.55. The zero-order valence-corrected chi connectivity index (χ0v) is 11.9. The first kappa shape index (κ1) is 13.5. The van der Waals surface area contributed by atoms with Crippen LogP contribution in [0.25, 0.3) is 0 Å². The van der Waals surface area contributed by atoms with Crippen molar-refractivity contribution in [1.29, 1.82) is 0 Å². The molecule has 2 aromatic rings. The molecule has 0 fully saturated rings. The molecule has 0 aromatic carbocycles. The average molecular weight is 280 g/mol. The molecule has 2 heterocycles. The molecular formula is C12H16N4O2S. The Labute approximate surface area is 115 Å². The highest BCUT2D eigenvalue weighted by Gasteiger charge is 2.21. The molecule has 1 atom stereocenters. The lowest BCUT2D eigenvalue weighted by molar-refractivity contribution is -0.388. The first-order valence-electron chi connectivity index (χ1n) is 5.95. The van der Waals surface area contributed by atoms with Crippen molar-refractivity contribution in [2.24, 2.45) is 7.05 Å². The lowest BCUT2D eigenvalue weighted by Gasteiger charge is -2.13. The first-order chi connectivity index (χ1) is 8.97. The highest BCUT2D eigenvalue weighted by molar-refractivity contribution is 7.11. The van der Waals surface area contributed by atoms with E-state index in [1.807, 2.05) is 6.92 Å². The van der Waals surface area contributed by atoms with Crippen LogP contribution in [0.4, 0.5) is 11.6 Å². The maximum absolute atomic E-state index is 10.9. The van der Waals surface area contributed by atoms with Gasteiger partial charge in [-0.3, -0.25) is 4.57 Å². The molecule has 0 aliphatic heterocycles. The molecule has 0 bridgehead atoms. The molecule has 1 N–H and O–H groups in total. The third-order valence-corrected chi connectivity index (χ3v) is 3.80. The fourth-order valence-corrected chi connectivity index (χ4v) is 2.92. The molecule has 1 unspecified atom stereocenters. The molecule has 2 aromatic heterocycles. The van der Waals surface area contributed by atoms with Gasteiger partial charge >= 0.3 is 5.82 Å². The summed E-state index contributed by atoms with van der Waals surface area (Å²) in [6.07, 6.45) is 2.28. The third kappa shape index (κ3) is 3.11. The molecule has 0 amide bonds. The van der Waals surface area contributed by atoms with Crippen molar-refractivity contribution in [1.82, 2.24) is 9.55 Å². The van der Waals surface area contributed by atoms with Crippen molar-refractivity contribution in [3.8, 4) is 0 Å². The SMILES string of the molecule is Cc1ccc(CC(C)Nc2c([N+](=O)[O-])ncn2C)s1. The number of nitrogens with one attached hydrogen (secondary N) is 1. The normalized spacial score (nSPS) is 12.4. The minimum atomic E-state index is -0.468. The second kappa shape index (κ2) is 5.40. The Morgan fingerprint density at radius 2 is 2.32 bits per heavy atom. The number of hydrogen-bond acceptors (Lipinski definition) is 5. The molecule has 0 aliphatic rings. The number of rotatable bonds is 5. The van der Waals surface area contributed by atoms with Crippen LogP contribution in [0.3, 0.4) is 0 Å². The lowest BCUT2D eigenvalue weighted by atomic mass is 10.2. The van der Waals surface area contributed by atoms with E-state index in [-0.39, 0.29) is 11.9 Å². The van der Waals surface area contributed by atoms with Gasteiger partial charge in [-0.25, -0.2) is 0 Å². The summed E-state index contributed by atoms with van der Waals surface area (Å²) < 4.78 is 1.63. The zero-order valence-electron chi connectivity index (χ0n) is 11.1. The van der Waals surface area contributed by atoms with E-state index in [1.165, 1.54) is 16.1 Å². The van der Waals surface area contributed by atoms with E-state index in [9.17, 15) is 10.1 Å². The Bertz CT molecular complexity index is 590. The summed E-state index contributed by atoms with van der Waals surface area (Å²) in [5.74, 6) is 0.322. The summed E-state index contributed by atoms with van der Waals surface area (Å²) in [6.45, 7) is 4.07. The lowest BCUT2D eigenvalue weighted by Crippen LogP contribution is -2.19. The van der Waals surface area contributed by atoms with Gasteiger partial charge < -0.3 is 15.4 Å². The molecule has 2 rings (SSSR count). The van der Waals surface area contributed by atoms with E-state index in [4.69, 9.17) is 0 Å². The van der Waals surface area contributed by atoms with Crippen molar-refractivity contribution >= 4 is 23.0 Å². The summed E-state index contributed by atoms with van der Waals surface area (Å²) in [6, 6.07) is 4.28. The number of aromatic nitrogens is 2. The van der Waals surface area contributed by atoms with Crippen molar-refractivity contribution in [2.45, 2.75) is 26.3 Å². The molecular weight excluding hydrogens is 264 g/mol. The Kier molecular flexibility index (Phi) is 3.84. The maximum atomic E-state index is 10.9. The van der Waals surface area contributed by atoms with Crippen LogP contribution in [0.1, 0.15) is 16.7 Å². The number of aryl methyl sites for hydroxylation is 2. The minimum Gasteiger partial charge on any atom is -0.361 e. The second-order valence-corrected chi connectivity index (χ2v) is 5.92. The van der Waals surface area contributed by atoms with Crippen LogP contribution in [-0.2, 0) is 13.5 Å². The molecule has 19 heavy (non-hydrogen) atoms. The van der Waals surface area contributed by atoms with Crippen LogP contribution in [-0.4, -0.2) is 20.5 Å². The molecule has 0 saturated heterocycles. The van der Waals surface area contributed by atoms with Crippen molar-refractivity contribution in [3.05, 3.63) is 38.3 Å². The summed E-state index contributed by atoms with van der Waals surface area (Å²) in [4.78, 5) is 16.7. The monoisotopic (exact) mass is 280 g/mol. The zero-order chi connectivity index (χ0) is 14.0. The van der Waals surface area contributed by atoms with Gasteiger partial charge in [0.15, 0.2) is 0 Å². The number of anilines is 1. The smallest absolute Gasteiger partial charge is 0.361 e. The number of nitro groups is 1. The van der Waals surface area contributed by atoms with Crippen LogP contribution < -0.4 is 5.32 Å². The Morgan fingerprint density at radius 3 is 2.89 bits per heavy atom. The molecule has 0 aliphatic carbocycles. The highest BCUT2D eigenvalue weighted by atomic mass is 32.1. The van der Waals surface area contributed by atoms with E-state index in [1.54, 1.807) is 23.0 Å². The van der Waals surface area contributed by atoms with Gasteiger partial charge in [-0.05, 0) is 35.9 Å². The van der Waals surface area contributed by atoms with E-state index < -0.39 is 4.92 Å². The Morgan fingerprint density at radius 1 is 1.58 bits per heavy atom. The fraction of sp³-hybridized carbons (Fsp3) is 0.417. The minimum absolute atomic E-state index is 0.104. The van der Waals surface area contributed by atoms with E-state index in [2.05, 4.69) is 29.4 Å². The standard InChI is InChI=1S/C12H16N4O2S/c1-8(6-10-5-4-9(2)19-10)14-12-11(16(17)18)13-7-15(12)3/h4-5,7-8,14H,6H2,1-3H3. The molecule has 7 heteroatoms. The molecule has 0 radical (unpaired) electrons. The fourth-order valence-electron chi connectivity index (χ4n) is 1.90. The van der Waals surface area contributed by atoms with Gasteiger partial charge in [0.1, 0.15) is 0 Å². The molecule has 0 spiro atoms. The van der Waals surface area contributed by atoms with Crippen molar-refractivity contribution in [3.63, 3.8) is 0 Å². The molecule has 0 saturated carbocycles. The maximum Gasteiger partial charge on any atom is 0.406 e. The van der Waals surface area contributed by atoms with Gasteiger partial charge in [-0.2, -0.15) is 0 Å². The van der Waals surface area contributed by atoms with Gasteiger partial charge in [0, 0.05) is 29.3 Å². The van der Waals surface area contributed by atoms with E-state index in [0.717, 1.165) is 6.42 Å². The largest absolute Gasteiger partial charge is 0.406 e. The van der Waals surface area contributed by atoms with Crippen LogP contribution in [0, 0.1) is 17.0 Å². The van der Waals surface area contributed by atoms with E-state index >= 15 is 0 Å². The van der Waals surface area contributed by atoms with Crippen LogP contribution in [0.15, 0.2) is 18.5 Å². The van der Waals surface area contributed by atoms with Gasteiger partial charge in [0.2, 0.25) is 12.1 Å². The number of thiophene rings is 1. The Balaban J connectivity index is 2.08. The summed E-state index contributed by atoms with van der Waals surface area (Å²) in [5, 5.41) is 14.0. The quantitative estimate of drug-likeness (QED) is 0.675. The van der Waals surface area contributed by atoms with Crippen molar-refractivity contribution < 1.29 is 4.92 Å². The number of hydrogen-bond donors (Lipinski definition) is 1.